The lowest BCUT2D eigenvalue weighted by atomic mass is 10.2. The van der Waals surface area contributed by atoms with Crippen LogP contribution >= 0.6 is 87.7 Å². The van der Waals surface area contributed by atoms with E-state index in [1.54, 1.807) is 39.0 Å². The van der Waals surface area contributed by atoms with Gasteiger partial charge in [-0.3, -0.25) is 74.7 Å². The molecular weight excluding hydrogens is 2000 g/mol. The molecular formula is C82H93Br4Cl2F6N17O17. The van der Waals surface area contributed by atoms with Gasteiger partial charge in [0, 0.05) is 77.5 Å². The van der Waals surface area contributed by atoms with Gasteiger partial charge in [-0.05, 0) is 126 Å². The number of hydrogen-bond acceptors (Lipinski definition) is 26. The Morgan fingerprint density at radius 1 is 0.531 bits per heavy atom. The molecule has 15 rings (SSSR count). The summed E-state index contributed by atoms with van der Waals surface area (Å²) in [5.74, 6) is -4.24. The van der Waals surface area contributed by atoms with E-state index in [2.05, 4.69) is 115 Å². The number of aromatic nitrogens is 12. The number of aliphatic hydroxyl groups excluding tert-OH is 4. The van der Waals surface area contributed by atoms with E-state index >= 15 is 0 Å². The largest absolute Gasteiger partial charge is 0.394 e. The number of halogens is 12. The standard InChI is InChI=1S/C20H20BrFN4O4.C17H15BrF2N4O4.C17H16BrFN4O4.C14H10BrFN4O2.C6H11ClO2.C4H8O.C2H5N.CH3F.CH4.ClH/c1-20(2)29-9-12(30-20)8-26-10-23-18-17(19(26)28)15(7-16(27)25(18)3)24-14-5-4-11(21)6-13(14)22;1-23-15-12(16(27)24(7-21-15)5-9(26)6-25)14(13(20)17(23)28)22-11-3-2-8(18)4-10(11)19;1-22-14(26)5-13(21-12-3-2-9(18)4-11(12)19)15-16(22)20-8-23(17(15)27)6-10(25)7-24;1-20-11(21)5-10(12-13(20)17-6-18-14(12)22)19-9-3-2-7(15)4-8(9)16;1-6(2)8-4-5(3-7)9-6;1-2-4-5-3-1;1-2-3;1-2;;/h4-7,10,12,24H,8-9H2,1-3H3;2-4,7,9,22,25-26H,5-6H2,1H3;2-5,8,10,21,24-25H,6-7H2,1H3;2-6,19H,1H3,(H,17,18,22);5H,3-4H2,1-2H3;1-4H2;2-3H,1H3;1H3;1H4;1H/t12-;9-;10-;;5-;;;;;/m000.0...../s1/i/hD. The maximum Gasteiger partial charge on any atom is 0.290 e. The van der Waals surface area contributed by atoms with Gasteiger partial charge >= 0.3 is 0 Å². The summed E-state index contributed by atoms with van der Waals surface area (Å²) in [6.45, 7) is 10.7. The second-order valence-electron chi connectivity index (χ2n) is 28.4. The lowest BCUT2D eigenvalue weighted by Crippen LogP contribution is -2.32. The predicted octanol–water partition coefficient (Wildman–Crippen LogP) is 12.0. The van der Waals surface area contributed by atoms with Crippen LogP contribution in [-0.2, 0) is 71.5 Å². The van der Waals surface area contributed by atoms with Gasteiger partial charge in [0.1, 0.15) is 63.6 Å². The van der Waals surface area contributed by atoms with Gasteiger partial charge in [-0.2, -0.15) is 4.39 Å². The summed E-state index contributed by atoms with van der Waals surface area (Å²) in [6, 6.07) is 20.9. The summed E-state index contributed by atoms with van der Waals surface area (Å²) in [4.78, 5) is 119. The number of benzene rings is 4. The Bertz CT molecular complexity index is 6480. The normalized spacial score (nSPS) is 15.0. The van der Waals surface area contributed by atoms with Crippen LogP contribution < -0.4 is 65.7 Å². The van der Waals surface area contributed by atoms with Crippen LogP contribution in [0, 0.1) is 34.5 Å². The van der Waals surface area contributed by atoms with E-state index < -0.39 is 99.6 Å². The van der Waals surface area contributed by atoms with Gasteiger partial charge in [0.25, 0.3) is 44.5 Å². The van der Waals surface area contributed by atoms with E-state index in [1.807, 2.05) is 13.8 Å². The number of aromatic amines is 1. The third-order valence-corrected chi connectivity index (χ3v) is 20.6. The van der Waals surface area contributed by atoms with Gasteiger partial charge in [-0.25, -0.2) is 37.5 Å². The van der Waals surface area contributed by atoms with Crippen molar-refractivity contribution in [2.45, 2.75) is 111 Å². The van der Waals surface area contributed by atoms with Crippen LogP contribution in [0.5, 0.6) is 0 Å². The Kier molecular flexibility index (Phi) is 39.7. The lowest BCUT2D eigenvalue weighted by Gasteiger charge is -2.18. The first-order valence-electron chi connectivity index (χ1n) is 38.2. The SMILES string of the molecule is C.C1CCOC1.CC1(C)OC[C@H](CCl)O1.CF.Cl.Cn1c(=O)c(F)c(Nc2ccc(Br)cc2F)c2c(=O)n(C[C@H](O)CO)cnc21.Cn1c(=O)cc(Nc2ccc(Br)cc2F)c2c(=O)[nH]cnc21.Cn1c(=O)cc(Nc2ccc(Br)cc2F)c2c(=O)n(C[C@H](O)CO)cnc21.Cn1c(=O)cc(Nc2ccc(Br)cc2F)c2c(=O)n(C[C@H]3COC(C)(C)O3)cnc21.[2H]N=CC. The summed E-state index contributed by atoms with van der Waals surface area (Å²) in [7, 11) is 6.26. The molecule has 0 unspecified atom stereocenters. The van der Waals surface area contributed by atoms with Crippen molar-refractivity contribution in [2.75, 3.05) is 74.0 Å². The highest BCUT2D eigenvalue weighted by atomic mass is 79.9. The molecule has 0 bridgehead atoms. The molecule has 128 heavy (non-hydrogen) atoms. The Hall–Kier alpha value is -10.2. The van der Waals surface area contributed by atoms with Gasteiger partial charge in [0.15, 0.2) is 35.6 Å². The quantitative estimate of drug-likeness (QED) is 0.0230. The highest BCUT2D eigenvalue weighted by Gasteiger charge is 2.34. The fraction of sp³-hybridized carbons (Fsp3) is 0.354. The molecule has 692 valence electrons. The van der Waals surface area contributed by atoms with E-state index in [4.69, 9.17) is 46.9 Å². The molecule has 0 amide bonds. The number of H-pyrrole nitrogens is 1. The maximum absolute atomic E-state index is 14.7. The molecule has 0 spiro atoms. The average molecular weight is 2090 g/mol. The highest BCUT2D eigenvalue weighted by molar-refractivity contribution is 9.11. The van der Waals surface area contributed by atoms with Crippen molar-refractivity contribution in [3.63, 3.8) is 0 Å². The van der Waals surface area contributed by atoms with Crippen LogP contribution in [-0.4, -0.2) is 172 Å². The number of alkyl halides is 2. The number of pyridine rings is 4. The second kappa shape index (κ2) is 48.5. The van der Waals surface area contributed by atoms with Crippen LogP contribution in [0.15, 0.2) is 173 Å². The Labute approximate surface area is 771 Å². The monoisotopic (exact) mass is 2090 g/mol. The molecule has 4 aromatic carbocycles. The number of fused-ring (bicyclic) bond motifs is 4. The first kappa shape index (κ1) is 105. The minimum Gasteiger partial charge on any atom is -0.394 e. The van der Waals surface area contributed by atoms with Crippen molar-refractivity contribution >= 4 is 184 Å². The van der Waals surface area contributed by atoms with E-state index in [0.29, 0.717) is 44.2 Å². The summed E-state index contributed by atoms with van der Waals surface area (Å²) in [5, 5.41) is 51.1. The van der Waals surface area contributed by atoms with Gasteiger partial charge in [-0.15, -0.1) is 24.0 Å². The minimum absolute atomic E-state index is 0. The lowest BCUT2D eigenvalue weighted by molar-refractivity contribution is -0.139. The van der Waals surface area contributed by atoms with Crippen molar-refractivity contribution in [1.29, 1.82) is 5.40 Å². The average Bonchev–Trinajstić information content (AvgIpc) is 1.35. The van der Waals surface area contributed by atoms with Crippen molar-refractivity contribution in [1.82, 2.24) is 56.9 Å². The molecule has 0 aliphatic carbocycles. The predicted molar refractivity (Wildman–Crippen MR) is 493 cm³/mol. The maximum atomic E-state index is 14.7. The van der Waals surface area contributed by atoms with Gasteiger partial charge in [-0.1, -0.05) is 71.1 Å². The first-order chi connectivity index (χ1) is 60.2. The molecule has 46 heteroatoms. The van der Waals surface area contributed by atoms with Crippen molar-refractivity contribution in [3.8, 4) is 0 Å². The smallest absolute Gasteiger partial charge is 0.290 e. The minimum atomic E-state index is -1.28. The molecule has 11 heterocycles. The Balaban J connectivity index is 0.000000246. The Morgan fingerprint density at radius 3 is 1.21 bits per heavy atom. The molecule has 8 aromatic heterocycles. The zero-order chi connectivity index (χ0) is 93.6. The van der Waals surface area contributed by atoms with E-state index in [1.165, 1.54) is 151 Å². The van der Waals surface area contributed by atoms with Gasteiger partial charge in [0.05, 0.1) is 136 Å². The van der Waals surface area contributed by atoms with E-state index in [-0.39, 0.29) is 152 Å². The summed E-state index contributed by atoms with van der Waals surface area (Å²) >= 11 is 18.2. The van der Waals surface area contributed by atoms with Crippen LogP contribution in [0.3, 0.4) is 0 Å². The van der Waals surface area contributed by atoms with Crippen LogP contribution in [0.2, 0.25) is 1.41 Å². The number of nitrogens with one attached hydrogen (secondary N) is 6. The topological polar surface area (TPSA) is 437 Å². The molecule has 34 nitrogen and oxygen atoms in total. The molecule has 12 aromatic rings. The summed E-state index contributed by atoms with van der Waals surface area (Å²) in [6.07, 6.45) is 6.21. The Morgan fingerprint density at radius 2 is 0.875 bits per heavy atom. The fourth-order valence-electron chi connectivity index (χ4n) is 12.2. The molecule has 0 saturated carbocycles. The van der Waals surface area contributed by atoms with Crippen LogP contribution in [0.4, 0.5) is 71.8 Å². The van der Waals surface area contributed by atoms with E-state index in [0.717, 1.165) is 39.3 Å². The number of aliphatic hydroxyl groups is 4. The number of rotatable bonds is 17. The summed E-state index contributed by atoms with van der Waals surface area (Å²) < 4.78 is 124. The zero-order valence-electron chi connectivity index (χ0n) is 70.4. The first-order valence-corrected chi connectivity index (χ1v) is 41.5. The van der Waals surface area contributed by atoms with Crippen LogP contribution in [0.25, 0.3) is 44.1 Å². The molecule has 3 saturated heterocycles. The fourth-order valence-corrected chi connectivity index (χ4v) is 13.6. The third kappa shape index (κ3) is 27.5. The van der Waals surface area contributed by atoms with E-state index in [9.17, 15) is 74.9 Å². The van der Waals surface area contributed by atoms with Gasteiger partial charge < -0.3 is 75.8 Å². The molecule has 0 radical (unpaired) electrons. The molecule has 4 atom stereocenters. The van der Waals surface area contributed by atoms with Gasteiger partial charge in [0.2, 0.25) is 5.82 Å². The number of anilines is 8. The number of aryl methyl sites for hydroxylation is 4. The van der Waals surface area contributed by atoms with Crippen molar-refractivity contribution in [3.05, 3.63) is 246 Å². The molecule has 3 fully saturated rings. The zero-order valence-corrected chi connectivity index (χ0v) is 77.3. The second-order valence-corrected chi connectivity index (χ2v) is 32.3. The van der Waals surface area contributed by atoms with Crippen molar-refractivity contribution < 1.29 is 71.9 Å². The third-order valence-electron chi connectivity index (χ3n) is 18.3. The number of nitrogens with zero attached hydrogens (tertiary/aromatic N) is 11. The number of ether oxygens (including phenoxy) is 5. The molecule has 10 N–H and O–H groups in total. The molecule has 3 aliphatic heterocycles. The molecule has 3 aliphatic rings. The highest BCUT2D eigenvalue weighted by Crippen LogP contribution is 2.32. The van der Waals surface area contributed by atoms with Crippen LogP contribution in [0.1, 0.15) is 54.9 Å². The number of hydrogen-bond donors (Lipinski definition) is 10. The van der Waals surface area contributed by atoms with Crippen molar-refractivity contribution in [2.24, 2.45) is 28.2 Å². The summed E-state index contributed by atoms with van der Waals surface area (Å²) in [5.41, 5.74) is -3.71.